The van der Waals surface area contributed by atoms with Crippen LogP contribution < -0.4 is 10.6 Å². The van der Waals surface area contributed by atoms with Crippen LogP contribution in [0.15, 0.2) is 18.3 Å². The van der Waals surface area contributed by atoms with Gasteiger partial charge < -0.3 is 15.4 Å². The van der Waals surface area contributed by atoms with Gasteiger partial charge in [-0.05, 0) is 18.1 Å². The Balaban J connectivity index is 2.94. The maximum atomic E-state index is 11.6. The standard InChI is InChI=1S/C14H21N3O2S/c1-10(2)9-17(7-5-12(15)20)13-8-11(4-6-16-13)14(18)19-3/h4,6,8,10H,5,7,9H2,1-3H3,(H2,15,20). The van der Waals surface area contributed by atoms with E-state index in [0.29, 0.717) is 29.4 Å². The molecule has 0 atom stereocenters. The van der Waals surface area contributed by atoms with Gasteiger partial charge in [0.15, 0.2) is 0 Å². The number of rotatable bonds is 7. The van der Waals surface area contributed by atoms with Gasteiger partial charge in [-0.2, -0.15) is 0 Å². The number of nitrogens with zero attached hydrogens (tertiary/aromatic N) is 2. The van der Waals surface area contributed by atoms with E-state index in [9.17, 15) is 4.79 Å². The average molecular weight is 295 g/mol. The lowest BCUT2D eigenvalue weighted by Crippen LogP contribution is -2.31. The molecule has 1 aromatic heterocycles. The van der Waals surface area contributed by atoms with Gasteiger partial charge in [0.1, 0.15) is 5.82 Å². The molecular formula is C14H21N3O2S. The van der Waals surface area contributed by atoms with Crippen LogP contribution >= 0.6 is 12.2 Å². The van der Waals surface area contributed by atoms with E-state index in [2.05, 4.69) is 23.7 Å². The first-order chi connectivity index (χ1) is 9.43. The van der Waals surface area contributed by atoms with Crippen molar-refractivity contribution in [2.24, 2.45) is 11.7 Å². The van der Waals surface area contributed by atoms with Gasteiger partial charge in [0.05, 0.1) is 17.7 Å². The van der Waals surface area contributed by atoms with E-state index in [-0.39, 0.29) is 5.97 Å². The van der Waals surface area contributed by atoms with Gasteiger partial charge in [-0.25, -0.2) is 9.78 Å². The maximum Gasteiger partial charge on any atom is 0.338 e. The first kappa shape index (κ1) is 16.4. The maximum absolute atomic E-state index is 11.6. The van der Waals surface area contributed by atoms with E-state index >= 15 is 0 Å². The van der Waals surface area contributed by atoms with Crippen molar-refractivity contribution in [1.29, 1.82) is 0 Å². The SMILES string of the molecule is COC(=O)c1ccnc(N(CCC(N)=S)CC(C)C)c1. The summed E-state index contributed by atoms with van der Waals surface area (Å²) in [6.07, 6.45) is 2.22. The molecule has 0 saturated heterocycles. The van der Waals surface area contributed by atoms with Crippen molar-refractivity contribution in [2.45, 2.75) is 20.3 Å². The third-order valence-corrected chi connectivity index (χ3v) is 2.91. The molecule has 1 heterocycles. The van der Waals surface area contributed by atoms with Crippen LogP contribution in [0.1, 0.15) is 30.6 Å². The molecule has 6 heteroatoms. The fraction of sp³-hybridized carbons (Fsp3) is 0.500. The number of pyridine rings is 1. The summed E-state index contributed by atoms with van der Waals surface area (Å²) in [5.41, 5.74) is 6.05. The van der Waals surface area contributed by atoms with Crippen LogP contribution in [-0.2, 0) is 4.74 Å². The van der Waals surface area contributed by atoms with Gasteiger partial charge in [0, 0.05) is 25.7 Å². The topological polar surface area (TPSA) is 68.5 Å². The number of carbonyl (C=O) groups is 1. The predicted molar refractivity (Wildman–Crippen MR) is 84.0 cm³/mol. The minimum atomic E-state index is -0.368. The number of ether oxygens (including phenoxy) is 1. The van der Waals surface area contributed by atoms with Gasteiger partial charge in [0.25, 0.3) is 0 Å². The van der Waals surface area contributed by atoms with Crippen molar-refractivity contribution in [2.75, 3.05) is 25.1 Å². The molecule has 1 aromatic rings. The smallest absolute Gasteiger partial charge is 0.338 e. The zero-order valence-corrected chi connectivity index (χ0v) is 12.9. The summed E-state index contributed by atoms with van der Waals surface area (Å²) < 4.78 is 4.72. The zero-order chi connectivity index (χ0) is 15.1. The lowest BCUT2D eigenvalue weighted by atomic mass is 10.2. The number of methoxy groups -OCH3 is 1. The largest absolute Gasteiger partial charge is 0.465 e. The van der Waals surface area contributed by atoms with Crippen LogP contribution in [-0.4, -0.2) is 36.1 Å². The van der Waals surface area contributed by atoms with Crippen molar-refractivity contribution >= 4 is 29.0 Å². The molecular weight excluding hydrogens is 274 g/mol. The minimum Gasteiger partial charge on any atom is -0.465 e. The molecule has 0 aromatic carbocycles. The summed E-state index contributed by atoms with van der Waals surface area (Å²) in [6, 6.07) is 3.37. The molecule has 0 saturated carbocycles. The number of nitrogens with two attached hydrogens (primary N) is 1. The molecule has 0 bridgehead atoms. The second kappa shape index (κ2) is 7.79. The molecule has 110 valence electrons. The Morgan fingerprint density at radius 2 is 2.25 bits per heavy atom. The van der Waals surface area contributed by atoms with Crippen LogP contribution in [0, 0.1) is 5.92 Å². The van der Waals surface area contributed by atoms with Crippen molar-refractivity contribution in [3.8, 4) is 0 Å². The van der Waals surface area contributed by atoms with Gasteiger partial charge in [-0.15, -0.1) is 0 Å². The fourth-order valence-corrected chi connectivity index (χ4v) is 1.91. The van der Waals surface area contributed by atoms with Gasteiger partial charge in [-0.3, -0.25) is 0 Å². The molecule has 0 aliphatic heterocycles. The molecule has 0 radical (unpaired) electrons. The number of esters is 1. The molecule has 0 amide bonds. The molecule has 1 rings (SSSR count). The van der Waals surface area contributed by atoms with Crippen molar-refractivity contribution < 1.29 is 9.53 Å². The van der Waals surface area contributed by atoms with Gasteiger partial charge in [0.2, 0.25) is 0 Å². The lowest BCUT2D eigenvalue weighted by Gasteiger charge is -2.25. The Kier molecular flexibility index (Phi) is 6.38. The lowest BCUT2D eigenvalue weighted by molar-refractivity contribution is 0.0600. The normalized spacial score (nSPS) is 10.4. The molecule has 20 heavy (non-hydrogen) atoms. The highest BCUT2D eigenvalue weighted by Crippen LogP contribution is 2.15. The Morgan fingerprint density at radius 3 is 2.80 bits per heavy atom. The number of thiocarbonyl (C=S) groups is 1. The summed E-state index contributed by atoms with van der Waals surface area (Å²) in [7, 11) is 1.36. The van der Waals surface area contributed by atoms with Crippen molar-refractivity contribution in [3.05, 3.63) is 23.9 Å². The quantitative estimate of drug-likeness (QED) is 0.613. The Hall–Kier alpha value is -1.69. The van der Waals surface area contributed by atoms with Crippen LogP contribution in [0.25, 0.3) is 0 Å². The number of aromatic nitrogens is 1. The first-order valence-electron chi connectivity index (χ1n) is 6.51. The van der Waals surface area contributed by atoms with Crippen LogP contribution in [0.3, 0.4) is 0 Å². The highest BCUT2D eigenvalue weighted by molar-refractivity contribution is 7.80. The number of carbonyl (C=O) groups excluding carboxylic acids is 1. The first-order valence-corrected chi connectivity index (χ1v) is 6.92. The van der Waals surface area contributed by atoms with Crippen LogP contribution in [0.5, 0.6) is 0 Å². The third-order valence-electron chi connectivity index (χ3n) is 2.70. The number of hydrogen-bond acceptors (Lipinski definition) is 5. The van der Waals surface area contributed by atoms with E-state index in [4.69, 9.17) is 22.7 Å². The molecule has 2 N–H and O–H groups in total. The van der Waals surface area contributed by atoms with Crippen LogP contribution in [0.4, 0.5) is 5.82 Å². The van der Waals surface area contributed by atoms with Crippen LogP contribution in [0.2, 0.25) is 0 Å². The Morgan fingerprint density at radius 1 is 1.55 bits per heavy atom. The van der Waals surface area contributed by atoms with E-state index < -0.39 is 0 Å². The molecule has 0 aliphatic carbocycles. The van der Waals surface area contributed by atoms with Crippen molar-refractivity contribution in [1.82, 2.24) is 4.98 Å². The second-order valence-electron chi connectivity index (χ2n) is 4.95. The van der Waals surface area contributed by atoms with E-state index in [1.165, 1.54) is 7.11 Å². The molecule has 0 unspecified atom stereocenters. The summed E-state index contributed by atoms with van der Waals surface area (Å²) in [5.74, 6) is 0.829. The van der Waals surface area contributed by atoms with E-state index in [0.717, 1.165) is 12.4 Å². The molecule has 0 spiro atoms. The highest BCUT2D eigenvalue weighted by Gasteiger charge is 2.13. The molecule has 0 fully saturated rings. The van der Waals surface area contributed by atoms with Crippen molar-refractivity contribution in [3.63, 3.8) is 0 Å². The zero-order valence-electron chi connectivity index (χ0n) is 12.1. The molecule has 0 aliphatic rings. The third kappa shape index (κ3) is 5.13. The minimum absolute atomic E-state index is 0.368. The number of hydrogen-bond donors (Lipinski definition) is 1. The van der Waals surface area contributed by atoms with Gasteiger partial charge >= 0.3 is 5.97 Å². The van der Waals surface area contributed by atoms with Gasteiger partial charge in [-0.1, -0.05) is 26.1 Å². The highest BCUT2D eigenvalue weighted by atomic mass is 32.1. The predicted octanol–water partition coefficient (Wildman–Crippen LogP) is 2.01. The Bertz CT molecular complexity index is 477. The summed E-state index contributed by atoms with van der Waals surface area (Å²) in [4.78, 5) is 18.4. The Labute approximate surface area is 125 Å². The van der Waals surface area contributed by atoms with E-state index in [1.807, 2.05) is 0 Å². The summed E-state index contributed by atoms with van der Waals surface area (Å²) in [5, 5.41) is 0. The van der Waals surface area contributed by atoms with E-state index in [1.54, 1.807) is 18.3 Å². The second-order valence-corrected chi connectivity index (χ2v) is 5.47. The summed E-state index contributed by atoms with van der Waals surface area (Å²) >= 11 is 4.92. The summed E-state index contributed by atoms with van der Waals surface area (Å²) in [6.45, 7) is 5.75. The molecule has 5 nitrogen and oxygen atoms in total. The number of anilines is 1. The average Bonchev–Trinajstić information content (AvgIpc) is 2.42. The monoisotopic (exact) mass is 295 g/mol. The fourth-order valence-electron chi connectivity index (χ4n) is 1.82.